The van der Waals surface area contributed by atoms with Crippen molar-refractivity contribution in [1.29, 1.82) is 0 Å². The summed E-state index contributed by atoms with van der Waals surface area (Å²) in [6, 6.07) is 8.06. The number of anilines is 1. The number of nitrogens with two attached hydrogens (primary N) is 1. The number of amides is 2. The van der Waals surface area contributed by atoms with E-state index >= 15 is 0 Å². The Morgan fingerprint density at radius 2 is 2.03 bits per heavy atom. The van der Waals surface area contributed by atoms with Crippen LogP contribution in [-0.4, -0.2) is 73.7 Å². The van der Waals surface area contributed by atoms with Crippen molar-refractivity contribution in [2.24, 2.45) is 0 Å². The van der Waals surface area contributed by atoms with Crippen molar-refractivity contribution < 1.29 is 9.53 Å². The van der Waals surface area contributed by atoms with Crippen LogP contribution >= 0.6 is 0 Å². The van der Waals surface area contributed by atoms with Crippen molar-refractivity contribution in [3.8, 4) is 17.1 Å². The Morgan fingerprint density at radius 1 is 1.26 bits per heavy atom. The molecule has 10 nitrogen and oxygen atoms in total. The molecule has 3 aromatic heterocycles. The first-order valence-electron chi connectivity index (χ1n) is 11.7. The van der Waals surface area contributed by atoms with Crippen LogP contribution in [0.5, 0.6) is 5.75 Å². The number of hydrogen-bond acceptors (Lipinski definition) is 6. The maximum absolute atomic E-state index is 12.8. The molecule has 3 N–H and O–H groups in total. The molecule has 178 valence electrons. The number of fused-ring (bicyclic) bond motifs is 2. The number of piperidine rings is 1. The molecule has 4 heterocycles. The number of benzene rings is 1. The van der Waals surface area contributed by atoms with E-state index in [4.69, 9.17) is 15.5 Å². The van der Waals surface area contributed by atoms with E-state index in [1.165, 1.54) is 6.33 Å². The summed E-state index contributed by atoms with van der Waals surface area (Å²) < 4.78 is 7.32. The summed E-state index contributed by atoms with van der Waals surface area (Å²) in [6.07, 6.45) is 3.09. The smallest absolute Gasteiger partial charge is 0.319 e. The number of hydrogen-bond donors (Lipinski definition) is 2. The van der Waals surface area contributed by atoms with E-state index in [1.807, 2.05) is 52.4 Å². The lowest BCUT2D eigenvalue weighted by molar-refractivity contribution is 0.143. The van der Waals surface area contributed by atoms with Gasteiger partial charge in [-0.25, -0.2) is 19.3 Å². The van der Waals surface area contributed by atoms with Gasteiger partial charge in [-0.05, 0) is 38.8 Å². The molecule has 1 aromatic carbocycles. The Balaban J connectivity index is 1.50. The molecule has 0 aliphatic carbocycles. The van der Waals surface area contributed by atoms with Crippen LogP contribution in [-0.2, 0) is 0 Å². The second-order valence-corrected chi connectivity index (χ2v) is 8.55. The molecule has 0 saturated carbocycles. The number of nitrogen functional groups attached to an aromatic ring is 1. The molecule has 4 aromatic rings. The number of ether oxygens (including phenoxy) is 1. The highest BCUT2D eigenvalue weighted by Gasteiger charge is 2.30. The van der Waals surface area contributed by atoms with Crippen LogP contribution in [0, 0.1) is 0 Å². The van der Waals surface area contributed by atoms with Crippen molar-refractivity contribution in [2.45, 2.75) is 32.6 Å². The quantitative estimate of drug-likeness (QED) is 0.469. The summed E-state index contributed by atoms with van der Waals surface area (Å²) in [7, 11) is 1.66. The molecule has 0 spiro atoms. The van der Waals surface area contributed by atoms with Gasteiger partial charge in [-0.1, -0.05) is 12.1 Å². The number of carbonyl (C=O) groups excluding carboxylic acids is 1. The average Bonchev–Trinajstić information content (AvgIpc) is 3.47. The Bertz CT molecular complexity index is 1330. The lowest BCUT2D eigenvalue weighted by Crippen LogP contribution is -2.46. The van der Waals surface area contributed by atoms with Gasteiger partial charge in [0.15, 0.2) is 5.82 Å². The van der Waals surface area contributed by atoms with Crippen LogP contribution in [0.2, 0.25) is 0 Å². The molecule has 1 fully saturated rings. The zero-order valence-electron chi connectivity index (χ0n) is 19.8. The van der Waals surface area contributed by atoms with Gasteiger partial charge >= 0.3 is 6.03 Å². The van der Waals surface area contributed by atoms with Crippen LogP contribution < -0.4 is 10.5 Å². The Morgan fingerprint density at radius 3 is 2.74 bits per heavy atom. The van der Waals surface area contributed by atoms with Gasteiger partial charge in [-0.15, -0.1) is 0 Å². The van der Waals surface area contributed by atoms with Crippen molar-refractivity contribution >= 4 is 28.3 Å². The van der Waals surface area contributed by atoms with E-state index in [1.54, 1.807) is 7.11 Å². The molecule has 0 unspecified atom stereocenters. The number of methoxy groups -OCH3 is 1. The SMILES string of the molecule is CCN(CC)C(=O)N1CCC(c2nc(-c3cc4cccc(OC)c4[nH]3)c3c(N)ncnn23)CC1. The average molecular weight is 463 g/mol. The highest BCUT2D eigenvalue weighted by Crippen LogP contribution is 2.36. The van der Waals surface area contributed by atoms with Gasteiger partial charge in [0.25, 0.3) is 0 Å². The number of rotatable bonds is 5. The van der Waals surface area contributed by atoms with E-state index in [0.717, 1.165) is 54.1 Å². The first-order chi connectivity index (χ1) is 16.5. The van der Waals surface area contributed by atoms with Gasteiger partial charge in [0.2, 0.25) is 0 Å². The second kappa shape index (κ2) is 8.85. The molecule has 34 heavy (non-hydrogen) atoms. The maximum Gasteiger partial charge on any atom is 0.319 e. The first kappa shape index (κ1) is 22.0. The molecular weight excluding hydrogens is 432 g/mol. The number of para-hydroxylation sites is 1. The minimum absolute atomic E-state index is 0.107. The highest BCUT2D eigenvalue weighted by atomic mass is 16.5. The predicted molar refractivity (Wildman–Crippen MR) is 131 cm³/mol. The van der Waals surface area contributed by atoms with Crippen LogP contribution in [0.4, 0.5) is 10.6 Å². The fourth-order valence-electron chi connectivity index (χ4n) is 4.88. The Kier molecular flexibility index (Phi) is 5.72. The van der Waals surface area contributed by atoms with E-state index in [-0.39, 0.29) is 11.9 Å². The topological polar surface area (TPSA) is 118 Å². The van der Waals surface area contributed by atoms with Crippen LogP contribution in [0.25, 0.3) is 27.8 Å². The summed E-state index contributed by atoms with van der Waals surface area (Å²) in [6.45, 7) is 6.83. The standard InChI is InChI=1S/C24H30N8O2/c1-4-30(5-2)24(33)31-11-9-15(10-12-31)23-29-20(21-22(25)26-14-27-32(21)23)17-13-16-7-6-8-18(34-3)19(16)28-17/h6-8,13-15,28H,4-5,9-12H2,1-3H3,(H2,25,26,27). The number of nitrogens with zero attached hydrogens (tertiary/aromatic N) is 6. The molecule has 5 rings (SSSR count). The number of imidazole rings is 1. The first-order valence-corrected chi connectivity index (χ1v) is 11.7. The molecule has 2 amide bonds. The van der Waals surface area contributed by atoms with Gasteiger partial charge in [-0.3, -0.25) is 0 Å². The fraction of sp³-hybridized carbons (Fsp3) is 0.417. The van der Waals surface area contributed by atoms with Gasteiger partial charge in [0, 0.05) is 37.5 Å². The molecule has 1 aliphatic heterocycles. The summed E-state index contributed by atoms with van der Waals surface area (Å²) in [5, 5.41) is 5.52. The Labute approximate surface area is 197 Å². The molecule has 0 radical (unpaired) electrons. The van der Waals surface area contributed by atoms with E-state index in [9.17, 15) is 4.79 Å². The van der Waals surface area contributed by atoms with Gasteiger partial charge in [-0.2, -0.15) is 5.10 Å². The third-order valence-corrected chi connectivity index (χ3v) is 6.74. The second-order valence-electron chi connectivity index (χ2n) is 8.55. The van der Waals surface area contributed by atoms with E-state index in [2.05, 4.69) is 15.1 Å². The van der Waals surface area contributed by atoms with Crippen molar-refractivity contribution in [2.75, 3.05) is 39.0 Å². The molecule has 1 aliphatic rings. The number of likely N-dealkylation sites (tertiary alicyclic amines) is 1. The normalized spacial score (nSPS) is 14.7. The fourth-order valence-corrected chi connectivity index (χ4v) is 4.88. The number of nitrogens with one attached hydrogen (secondary N) is 1. The van der Waals surface area contributed by atoms with Crippen LogP contribution in [0.15, 0.2) is 30.6 Å². The summed E-state index contributed by atoms with van der Waals surface area (Å²) in [5.74, 6) is 2.15. The van der Waals surface area contributed by atoms with E-state index < -0.39 is 0 Å². The van der Waals surface area contributed by atoms with E-state index in [0.29, 0.717) is 30.1 Å². The highest BCUT2D eigenvalue weighted by molar-refractivity contribution is 5.93. The largest absolute Gasteiger partial charge is 0.495 e. The maximum atomic E-state index is 12.8. The van der Waals surface area contributed by atoms with Gasteiger partial charge in [0.1, 0.15) is 29.1 Å². The third kappa shape index (κ3) is 3.59. The number of carbonyl (C=O) groups is 1. The minimum atomic E-state index is 0.107. The van der Waals surface area contributed by atoms with Crippen molar-refractivity contribution in [3.63, 3.8) is 0 Å². The number of H-pyrrole nitrogens is 1. The molecule has 10 heteroatoms. The zero-order chi connectivity index (χ0) is 23.8. The van der Waals surface area contributed by atoms with Crippen LogP contribution in [0.1, 0.15) is 38.4 Å². The summed E-state index contributed by atoms with van der Waals surface area (Å²) in [5.41, 5.74) is 9.44. The predicted octanol–water partition coefficient (Wildman–Crippen LogP) is 3.50. The minimum Gasteiger partial charge on any atom is -0.495 e. The summed E-state index contributed by atoms with van der Waals surface area (Å²) >= 11 is 0. The molecule has 0 atom stereocenters. The molecule has 1 saturated heterocycles. The zero-order valence-corrected chi connectivity index (χ0v) is 19.8. The van der Waals surface area contributed by atoms with Gasteiger partial charge < -0.3 is 25.3 Å². The Hall–Kier alpha value is -3.82. The third-order valence-electron chi connectivity index (χ3n) is 6.74. The number of aromatic amines is 1. The lowest BCUT2D eigenvalue weighted by atomic mass is 9.96. The molecular formula is C24H30N8O2. The monoisotopic (exact) mass is 462 g/mol. The van der Waals surface area contributed by atoms with Gasteiger partial charge in [0.05, 0.1) is 18.3 Å². The summed E-state index contributed by atoms with van der Waals surface area (Å²) in [4.78, 5) is 29.3. The van der Waals surface area contributed by atoms with Crippen molar-refractivity contribution in [3.05, 3.63) is 36.4 Å². The van der Waals surface area contributed by atoms with Crippen molar-refractivity contribution in [1.82, 2.24) is 34.4 Å². The lowest BCUT2D eigenvalue weighted by Gasteiger charge is -2.34. The number of aromatic nitrogens is 5. The van der Waals surface area contributed by atoms with Crippen LogP contribution in [0.3, 0.4) is 0 Å². The number of urea groups is 1. The molecule has 0 bridgehead atoms.